The van der Waals surface area contributed by atoms with Crippen molar-refractivity contribution in [1.82, 2.24) is 10.2 Å². The van der Waals surface area contributed by atoms with Crippen LogP contribution >= 0.6 is 12.2 Å². The van der Waals surface area contributed by atoms with Crippen LogP contribution in [0.3, 0.4) is 0 Å². The van der Waals surface area contributed by atoms with E-state index in [1.165, 1.54) is 5.49 Å². The van der Waals surface area contributed by atoms with Gasteiger partial charge in [-0.2, -0.15) is 0 Å². The SMILES string of the molecule is CN1C=CC=C/C1=C(/NC=S)c1ccc(O)cc1. The average Bonchev–Trinajstić information content (AvgIpc) is 2.38. The summed E-state index contributed by atoms with van der Waals surface area (Å²) in [6, 6.07) is 7.01. The largest absolute Gasteiger partial charge is 0.508 e. The van der Waals surface area contributed by atoms with Gasteiger partial charge in [-0.25, -0.2) is 0 Å². The number of nitrogens with zero attached hydrogens (tertiary/aromatic N) is 1. The fourth-order valence-electron chi connectivity index (χ4n) is 1.78. The first-order valence-corrected chi connectivity index (χ1v) is 6.01. The van der Waals surface area contributed by atoms with Crippen molar-refractivity contribution in [1.29, 1.82) is 0 Å². The molecule has 0 aliphatic carbocycles. The Bertz CT molecular complexity index is 529. The summed E-state index contributed by atoms with van der Waals surface area (Å²) >= 11 is 4.88. The third-order valence-electron chi connectivity index (χ3n) is 2.67. The fraction of sp³-hybridized carbons (Fsp3) is 0.0714. The van der Waals surface area contributed by atoms with Crippen molar-refractivity contribution in [3.05, 3.63) is 60.0 Å². The van der Waals surface area contributed by atoms with E-state index in [4.69, 9.17) is 12.2 Å². The zero-order valence-corrected chi connectivity index (χ0v) is 10.8. The Labute approximate surface area is 112 Å². The highest BCUT2D eigenvalue weighted by molar-refractivity contribution is 7.78. The molecule has 0 amide bonds. The van der Waals surface area contributed by atoms with E-state index in [1.807, 2.05) is 48.5 Å². The Balaban J connectivity index is 2.48. The molecule has 1 aliphatic heterocycles. The van der Waals surface area contributed by atoms with Crippen molar-refractivity contribution in [2.24, 2.45) is 0 Å². The van der Waals surface area contributed by atoms with Crippen molar-refractivity contribution >= 4 is 23.4 Å². The maximum atomic E-state index is 9.33. The maximum absolute atomic E-state index is 9.33. The van der Waals surface area contributed by atoms with Gasteiger partial charge in [0.25, 0.3) is 0 Å². The smallest absolute Gasteiger partial charge is 0.115 e. The van der Waals surface area contributed by atoms with Gasteiger partial charge in [-0.3, -0.25) is 0 Å². The lowest BCUT2D eigenvalue weighted by Crippen LogP contribution is -2.19. The van der Waals surface area contributed by atoms with Crippen LogP contribution in [0.4, 0.5) is 0 Å². The van der Waals surface area contributed by atoms with Gasteiger partial charge in [0.2, 0.25) is 0 Å². The Morgan fingerprint density at radius 1 is 1.28 bits per heavy atom. The molecule has 0 saturated carbocycles. The van der Waals surface area contributed by atoms with E-state index in [-0.39, 0.29) is 5.75 Å². The fourth-order valence-corrected chi connectivity index (χ4v) is 1.89. The van der Waals surface area contributed by atoms with Crippen LogP contribution in [0, 0.1) is 0 Å². The van der Waals surface area contributed by atoms with E-state index >= 15 is 0 Å². The first-order chi connectivity index (χ1) is 8.72. The third-order valence-corrected chi connectivity index (χ3v) is 2.79. The van der Waals surface area contributed by atoms with Crippen LogP contribution in [0.1, 0.15) is 5.56 Å². The molecule has 0 saturated heterocycles. The molecule has 1 heterocycles. The summed E-state index contributed by atoms with van der Waals surface area (Å²) in [6.45, 7) is 0. The van der Waals surface area contributed by atoms with E-state index in [1.54, 1.807) is 12.1 Å². The molecule has 0 aromatic heterocycles. The zero-order valence-electron chi connectivity index (χ0n) is 10.00. The molecule has 2 rings (SSSR count). The third kappa shape index (κ3) is 2.60. The Morgan fingerprint density at radius 3 is 2.61 bits per heavy atom. The van der Waals surface area contributed by atoms with E-state index in [9.17, 15) is 5.11 Å². The number of phenols is 1. The number of aromatic hydroxyl groups is 1. The molecule has 92 valence electrons. The molecule has 0 spiro atoms. The summed E-state index contributed by atoms with van der Waals surface area (Å²) in [6.07, 6.45) is 7.92. The number of nitrogens with one attached hydrogen (secondary N) is 1. The van der Waals surface area contributed by atoms with Gasteiger partial charge in [-0.15, -0.1) is 0 Å². The lowest BCUT2D eigenvalue weighted by atomic mass is 10.1. The van der Waals surface area contributed by atoms with E-state index in [0.717, 1.165) is 17.0 Å². The summed E-state index contributed by atoms with van der Waals surface area (Å²) in [5.41, 5.74) is 4.38. The van der Waals surface area contributed by atoms with Gasteiger partial charge >= 0.3 is 0 Å². The van der Waals surface area contributed by atoms with Gasteiger partial charge in [0.1, 0.15) is 5.75 Å². The number of benzene rings is 1. The molecule has 4 heteroatoms. The first kappa shape index (κ1) is 12.4. The maximum Gasteiger partial charge on any atom is 0.115 e. The van der Waals surface area contributed by atoms with Crippen molar-refractivity contribution < 1.29 is 5.11 Å². The topological polar surface area (TPSA) is 35.5 Å². The number of rotatable bonds is 3. The summed E-state index contributed by atoms with van der Waals surface area (Å²) in [7, 11) is 1.97. The van der Waals surface area contributed by atoms with Gasteiger partial charge in [0, 0.05) is 18.8 Å². The Kier molecular flexibility index (Phi) is 3.79. The molecule has 1 aromatic rings. The second kappa shape index (κ2) is 5.51. The highest BCUT2D eigenvalue weighted by atomic mass is 32.1. The monoisotopic (exact) mass is 258 g/mol. The van der Waals surface area contributed by atoms with Crippen LogP contribution in [0.5, 0.6) is 5.75 Å². The summed E-state index contributed by atoms with van der Waals surface area (Å²) in [5, 5.41) is 12.4. The summed E-state index contributed by atoms with van der Waals surface area (Å²) in [5.74, 6) is 0.248. The first-order valence-electron chi connectivity index (χ1n) is 5.54. The average molecular weight is 258 g/mol. The molecule has 3 nitrogen and oxygen atoms in total. The standard InChI is InChI=1S/C14H14N2OS/c1-16-9-3-2-4-13(16)14(15-10-18)11-5-7-12(17)8-6-11/h2-10,17H,1H3,(H,15,18)/b14-13-. The van der Waals surface area contributed by atoms with E-state index in [0.29, 0.717) is 0 Å². The molecular formula is C14H14N2OS. The van der Waals surface area contributed by atoms with Crippen LogP contribution in [0.15, 0.2) is 54.4 Å². The Morgan fingerprint density at radius 2 is 2.00 bits per heavy atom. The summed E-state index contributed by atoms with van der Waals surface area (Å²) in [4.78, 5) is 2.01. The minimum Gasteiger partial charge on any atom is -0.508 e. The molecule has 0 radical (unpaired) electrons. The van der Waals surface area contributed by atoms with Crippen molar-refractivity contribution in [3.63, 3.8) is 0 Å². The van der Waals surface area contributed by atoms with Gasteiger partial charge in [-0.1, -0.05) is 18.3 Å². The quantitative estimate of drug-likeness (QED) is 0.817. The number of allylic oxidation sites excluding steroid dienone is 3. The highest BCUT2D eigenvalue weighted by Gasteiger charge is 2.10. The Hall–Kier alpha value is -2.07. The van der Waals surface area contributed by atoms with Crippen LogP contribution in [-0.2, 0) is 0 Å². The van der Waals surface area contributed by atoms with Crippen molar-refractivity contribution in [2.75, 3.05) is 7.05 Å². The molecule has 2 N–H and O–H groups in total. The number of hydrogen-bond acceptors (Lipinski definition) is 3. The van der Waals surface area contributed by atoms with Crippen molar-refractivity contribution in [2.45, 2.75) is 0 Å². The van der Waals surface area contributed by atoms with E-state index < -0.39 is 0 Å². The molecule has 0 atom stereocenters. The predicted molar refractivity (Wildman–Crippen MR) is 77.9 cm³/mol. The van der Waals surface area contributed by atoms with Crippen LogP contribution in [-0.4, -0.2) is 22.5 Å². The molecule has 1 aromatic carbocycles. The number of likely N-dealkylation sites (N-methyl/N-ethyl adjacent to an activating group) is 1. The number of thiocarbonyl (C=S) groups is 1. The molecule has 18 heavy (non-hydrogen) atoms. The lowest BCUT2D eigenvalue weighted by molar-refractivity contribution is 0.475. The van der Waals surface area contributed by atoms with Gasteiger partial charge in [-0.05, 0) is 36.4 Å². The van der Waals surface area contributed by atoms with Gasteiger partial charge in [0.15, 0.2) is 0 Å². The molecular weight excluding hydrogens is 244 g/mol. The molecule has 0 fully saturated rings. The van der Waals surface area contributed by atoms with Gasteiger partial charge < -0.3 is 15.3 Å². The predicted octanol–water partition coefficient (Wildman–Crippen LogP) is 2.62. The second-order valence-electron chi connectivity index (χ2n) is 3.88. The van der Waals surface area contributed by atoms with Gasteiger partial charge in [0.05, 0.1) is 16.9 Å². The second-order valence-corrected chi connectivity index (χ2v) is 4.12. The summed E-state index contributed by atoms with van der Waals surface area (Å²) < 4.78 is 0. The minimum absolute atomic E-state index is 0.248. The molecule has 0 unspecified atom stereocenters. The van der Waals surface area contributed by atoms with Crippen LogP contribution in [0.25, 0.3) is 5.70 Å². The number of phenolic OH excluding ortho intramolecular Hbond substituents is 1. The number of hydrogen-bond donors (Lipinski definition) is 2. The van der Waals surface area contributed by atoms with E-state index in [2.05, 4.69) is 5.32 Å². The molecule has 0 bridgehead atoms. The molecule has 1 aliphatic rings. The van der Waals surface area contributed by atoms with Crippen molar-refractivity contribution in [3.8, 4) is 5.75 Å². The van der Waals surface area contributed by atoms with Crippen LogP contribution < -0.4 is 5.32 Å². The highest BCUT2D eigenvalue weighted by Crippen LogP contribution is 2.23. The normalized spacial score (nSPS) is 16.6. The zero-order chi connectivity index (χ0) is 13.0. The lowest BCUT2D eigenvalue weighted by Gasteiger charge is -2.22. The van der Waals surface area contributed by atoms with Crippen LogP contribution in [0.2, 0.25) is 0 Å². The minimum atomic E-state index is 0.248.